The molecule has 1 atom stereocenters. The van der Waals surface area contributed by atoms with Crippen LogP contribution in [0.1, 0.15) is 73.1 Å². The van der Waals surface area contributed by atoms with Gasteiger partial charge in [-0.05, 0) is 59.2 Å². The highest BCUT2D eigenvalue weighted by Gasteiger charge is 2.18. The fraction of sp³-hybridized carbons (Fsp3) is 0.552. The Bertz CT molecular complexity index is 1140. The lowest BCUT2D eigenvalue weighted by Crippen LogP contribution is -2.38. The van der Waals surface area contributed by atoms with Crippen LogP contribution in [0.4, 0.5) is 10.6 Å². The monoisotopic (exact) mass is 529 g/mol. The van der Waals surface area contributed by atoms with E-state index < -0.39 is 11.7 Å². The van der Waals surface area contributed by atoms with E-state index in [1.807, 2.05) is 91.3 Å². The second kappa shape index (κ2) is 15.7. The van der Waals surface area contributed by atoms with Crippen molar-refractivity contribution in [2.45, 2.75) is 93.5 Å². The van der Waals surface area contributed by atoms with Gasteiger partial charge < -0.3 is 24.8 Å². The summed E-state index contributed by atoms with van der Waals surface area (Å²) in [5.41, 5.74) is 2.35. The zero-order valence-corrected chi connectivity index (χ0v) is 25.1. The van der Waals surface area contributed by atoms with Gasteiger partial charge >= 0.3 is 6.09 Å². The van der Waals surface area contributed by atoms with Crippen molar-refractivity contribution < 1.29 is 19.0 Å². The molecule has 9 heteroatoms. The van der Waals surface area contributed by atoms with Crippen molar-refractivity contribution in [1.29, 1.82) is 0 Å². The molecule has 2 N–H and O–H groups in total. The Balaban J connectivity index is 0.00000172. The average Bonchev–Trinajstić information content (AvgIpc) is 3.23. The molecule has 0 saturated heterocycles. The van der Waals surface area contributed by atoms with Crippen molar-refractivity contribution >= 4 is 22.8 Å². The van der Waals surface area contributed by atoms with Gasteiger partial charge in [-0.2, -0.15) is 5.10 Å². The molecule has 1 unspecified atom stereocenters. The molecule has 0 saturated carbocycles. The number of aromatic nitrogens is 3. The fourth-order valence-corrected chi connectivity index (χ4v) is 3.69. The summed E-state index contributed by atoms with van der Waals surface area (Å²) >= 11 is 0. The molecule has 0 aliphatic rings. The Labute approximate surface area is 228 Å². The third-order valence-corrected chi connectivity index (χ3v) is 5.32. The number of hydrogen-bond donors (Lipinski definition) is 2. The van der Waals surface area contributed by atoms with Crippen molar-refractivity contribution in [3.8, 4) is 11.5 Å². The number of alkyl carbamates (subject to hydrolysis) is 1. The summed E-state index contributed by atoms with van der Waals surface area (Å²) < 4.78 is 18.1. The first-order valence-corrected chi connectivity index (χ1v) is 13.4. The quantitative estimate of drug-likeness (QED) is 0.317. The summed E-state index contributed by atoms with van der Waals surface area (Å²) in [7, 11) is 3.27. The number of pyridine rings is 1. The summed E-state index contributed by atoms with van der Waals surface area (Å²) in [5.74, 6) is 2.25. The van der Waals surface area contributed by atoms with Crippen LogP contribution in [-0.4, -0.2) is 46.7 Å². The van der Waals surface area contributed by atoms with Crippen LogP contribution in [0, 0.1) is 6.92 Å². The summed E-state index contributed by atoms with van der Waals surface area (Å²) in [6.45, 7) is 18.7. The van der Waals surface area contributed by atoms with E-state index in [0.717, 1.165) is 39.5 Å². The smallest absolute Gasteiger partial charge is 0.407 e. The first-order chi connectivity index (χ1) is 18.1. The molecule has 0 fully saturated rings. The summed E-state index contributed by atoms with van der Waals surface area (Å²) in [4.78, 5) is 16.6. The number of nitrogens with one attached hydrogen (secondary N) is 2. The topological polar surface area (TPSA) is 99.5 Å². The molecule has 1 amide bonds. The number of fused-ring (bicyclic) bond motifs is 1. The SMILES string of the molecule is CC.CC.COc1ccc(CNc2nccc3c2c(C)nn3CCC(C)NC(=O)OC(C)(C)C)c(OC)c1. The standard InChI is InChI=1S/C25H35N5O4.2C2H6/c1-16(28-24(31)34-25(3,4)5)11-13-30-20-10-12-26-23(22(20)17(2)29-30)27-15-18-8-9-19(32-6)14-21(18)33-7;2*1-2/h8-10,12,14,16H,11,13,15H2,1-7H3,(H,26,27)(H,28,31);2*1-2H3. The first-order valence-electron chi connectivity index (χ1n) is 13.4. The van der Waals surface area contributed by atoms with E-state index in [0.29, 0.717) is 19.5 Å². The number of aryl methyl sites for hydroxylation is 2. The minimum absolute atomic E-state index is 0.0589. The number of hydrogen-bond acceptors (Lipinski definition) is 7. The number of methoxy groups -OCH3 is 2. The summed E-state index contributed by atoms with van der Waals surface area (Å²) in [6.07, 6.45) is 2.07. The van der Waals surface area contributed by atoms with Crippen LogP contribution in [0.5, 0.6) is 11.5 Å². The highest BCUT2D eigenvalue weighted by atomic mass is 16.6. The van der Waals surface area contributed by atoms with E-state index in [1.54, 1.807) is 20.4 Å². The fourth-order valence-electron chi connectivity index (χ4n) is 3.69. The Morgan fingerprint density at radius 3 is 2.37 bits per heavy atom. The lowest BCUT2D eigenvalue weighted by molar-refractivity contribution is 0.0505. The van der Waals surface area contributed by atoms with Gasteiger partial charge in [0.15, 0.2) is 0 Å². The molecule has 0 bridgehead atoms. The van der Waals surface area contributed by atoms with Gasteiger partial charge in [0, 0.05) is 37.0 Å². The van der Waals surface area contributed by atoms with Crippen molar-refractivity contribution in [1.82, 2.24) is 20.1 Å². The molecule has 3 aromatic rings. The maximum atomic E-state index is 12.0. The number of benzene rings is 1. The number of ether oxygens (including phenoxy) is 3. The van der Waals surface area contributed by atoms with Crippen LogP contribution in [0.3, 0.4) is 0 Å². The van der Waals surface area contributed by atoms with Gasteiger partial charge in [-0.15, -0.1) is 0 Å². The number of amides is 1. The number of carbonyl (C=O) groups is 1. The van der Waals surface area contributed by atoms with Gasteiger partial charge in [-0.25, -0.2) is 9.78 Å². The zero-order chi connectivity index (χ0) is 28.9. The maximum Gasteiger partial charge on any atom is 0.407 e. The molecule has 0 radical (unpaired) electrons. The first kappa shape index (κ1) is 32.5. The largest absolute Gasteiger partial charge is 0.497 e. The van der Waals surface area contributed by atoms with E-state index >= 15 is 0 Å². The van der Waals surface area contributed by atoms with Gasteiger partial charge in [0.2, 0.25) is 0 Å². The van der Waals surface area contributed by atoms with Gasteiger partial charge in [-0.3, -0.25) is 4.68 Å². The third kappa shape index (κ3) is 9.43. The van der Waals surface area contributed by atoms with Crippen LogP contribution >= 0.6 is 0 Å². The second-order valence-corrected chi connectivity index (χ2v) is 9.23. The van der Waals surface area contributed by atoms with Crippen molar-refractivity contribution in [3.05, 3.63) is 41.7 Å². The lowest BCUT2D eigenvalue weighted by Gasteiger charge is -2.22. The molecule has 2 heterocycles. The number of carbonyl (C=O) groups excluding carboxylic acids is 1. The molecule has 3 rings (SSSR count). The van der Waals surface area contributed by atoms with E-state index in [1.165, 1.54) is 0 Å². The second-order valence-electron chi connectivity index (χ2n) is 9.23. The highest BCUT2D eigenvalue weighted by molar-refractivity contribution is 5.91. The molecular weight excluding hydrogens is 482 g/mol. The summed E-state index contributed by atoms with van der Waals surface area (Å²) in [6, 6.07) is 7.64. The molecule has 9 nitrogen and oxygen atoms in total. The van der Waals surface area contributed by atoms with E-state index in [-0.39, 0.29) is 6.04 Å². The molecule has 0 aliphatic heterocycles. The van der Waals surface area contributed by atoms with Crippen LogP contribution < -0.4 is 20.1 Å². The number of rotatable bonds is 9. The molecule has 38 heavy (non-hydrogen) atoms. The van der Waals surface area contributed by atoms with Crippen LogP contribution in [0.2, 0.25) is 0 Å². The van der Waals surface area contributed by atoms with Crippen molar-refractivity contribution in [3.63, 3.8) is 0 Å². The van der Waals surface area contributed by atoms with Crippen LogP contribution in [0.25, 0.3) is 10.9 Å². The van der Waals surface area contributed by atoms with Crippen molar-refractivity contribution in [2.75, 3.05) is 19.5 Å². The third-order valence-electron chi connectivity index (χ3n) is 5.32. The van der Waals surface area contributed by atoms with E-state index in [9.17, 15) is 4.79 Å². The minimum atomic E-state index is -0.522. The Morgan fingerprint density at radius 1 is 1.08 bits per heavy atom. The van der Waals surface area contributed by atoms with Gasteiger partial charge in [-0.1, -0.05) is 27.7 Å². The molecule has 0 spiro atoms. The minimum Gasteiger partial charge on any atom is -0.497 e. The zero-order valence-electron chi connectivity index (χ0n) is 25.1. The highest BCUT2D eigenvalue weighted by Crippen LogP contribution is 2.28. The maximum absolute atomic E-state index is 12.0. The Kier molecular flexibility index (Phi) is 13.4. The predicted octanol–water partition coefficient (Wildman–Crippen LogP) is 6.72. The van der Waals surface area contributed by atoms with Gasteiger partial charge in [0.1, 0.15) is 22.9 Å². The Morgan fingerprint density at radius 2 is 1.76 bits per heavy atom. The van der Waals surface area contributed by atoms with Crippen LogP contribution in [0.15, 0.2) is 30.5 Å². The van der Waals surface area contributed by atoms with Crippen LogP contribution in [-0.2, 0) is 17.8 Å². The van der Waals surface area contributed by atoms with Gasteiger partial charge in [0.25, 0.3) is 0 Å². The summed E-state index contributed by atoms with van der Waals surface area (Å²) in [5, 5.41) is 12.0. The number of nitrogens with zero attached hydrogens (tertiary/aromatic N) is 3. The van der Waals surface area contributed by atoms with E-state index in [4.69, 9.17) is 19.3 Å². The van der Waals surface area contributed by atoms with Crippen molar-refractivity contribution in [2.24, 2.45) is 0 Å². The number of anilines is 1. The average molecular weight is 530 g/mol. The molecule has 0 aliphatic carbocycles. The molecule has 212 valence electrons. The van der Waals surface area contributed by atoms with Gasteiger partial charge in [0.05, 0.1) is 30.8 Å². The lowest BCUT2D eigenvalue weighted by atomic mass is 10.1. The molecule has 2 aromatic heterocycles. The molecule has 1 aromatic carbocycles. The normalized spacial score (nSPS) is 11.3. The van der Waals surface area contributed by atoms with E-state index in [2.05, 4.69) is 15.6 Å². The predicted molar refractivity (Wildman–Crippen MR) is 155 cm³/mol. The Hall–Kier alpha value is -3.49. The molecular formula is C29H47N5O4.